The van der Waals surface area contributed by atoms with Gasteiger partial charge in [-0.2, -0.15) is 0 Å². The van der Waals surface area contributed by atoms with Gasteiger partial charge in [-0.3, -0.25) is 9.59 Å². The molecular formula is C25H27N3O2. The molecule has 1 fully saturated rings. The molecule has 5 heteroatoms. The highest BCUT2D eigenvalue weighted by Crippen LogP contribution is 2.23. The summed E-state index contributed by atoms with van der Waals surface area (Å²) >= 11 is 0. The summed E-state index contributed by atoms with van der Waals surface area (Å²) in [5, 5.41) is 11.4. The van der Waals surface area contributed by atoms with E-state index in [0.717, 1.165) is 29.3 Å². The summed E-state index contributed by atoms with van der Waals surface area (Å²) < 4.78 is 0. The molecule has 1 aliphatic carbocycles. The van der Waals surface area contributed by atoms with Crippen LogP contribution in [0.25, 0.3) is 10.8 Å². The van der Waals surface area contributed by atoms with Crippen LogP contribution in [0.1, 0.15) is 42.5 Å². The Bertz CT molecular complexity index is 1040. The predicted octanol–water partition coefficient (Wildman–Crippen LogP) is 4.95. The fourth-order valence-electron chi connectivity index (χ4n) is 4.01. The van der Waals surface area contributed by atoms with Gasteiger partial charge in [-0.15, -0.1) is 0 Å². The third kappa shape index (κ3) is 4.98. The van der Waals surface area contributed by atoms with Crippen molar-refractivity contribution in [1.82, 2.24) is 5.32 Å². The molecule has 0 atom stereocenters. The van der Waals surface area contributed by atoms with Crippen molar-refractivity contribution < 1.29 is 9.59 Å². The van der Waals surface area contributed by atoms with Gasteiger partial charge < -0.3 is 16.0 Å². The van der Waals surface area contributed by atoms with Crippen molar-refractivity contribution in [2.75, 3.05) is 17.2 Å². The maximum Gasteiger partial charge on any atom is 0.251 e. The van der Waals surface area contributed by atoms with E-state index in [9.17, 15) is 9.59 Å². The molecule has 0 aliphatic heterocycles. The first-order valence-electron chi connectivity index (χ1n) is 10.6. The van der Waals surface area contributed by atoms with Gasteiger partial charge in [0.2, 0.25) is 5.91 Å². The number of hydrogen-bond acceptors (Lipinski definition) is 3. The maximum absolute atomic E-state index is 12.5. The highest BCUT2D eigenvalue weighted by molar-refractivity contribution is 5.99. The lowest BCUT2D eigenvalue weighted by atomic mass is 9.95. The summed E-state index contributed by atoms with van der Waals surface area (Å²) in [4.78, 5) is 25.0. The topological polar surface area (TPSA) is 70.2 Å². The number of nitrogens with one attached hydrogen (secondary N) is 3. The average molecular weight is 402 g/mol. The standard InChI is InChI=1S/C25H27N3O2/c29-24(17-26-23-15-7-9-18-8-4-5-14-22(18)23)27-21-13-6-10-19(16-21)25(30)28-20-11-2-1-3-12-20/h4-10,13-16,20,26H,1-3,11-12,17H2,(H,27,29)(H,28,30). The molecule has 30 heavy (non-hydrogen) atoms. The van der Waals surface area contributed by atoms with E-state index in [0.29, 0.717) is 11.3 Å². The highest BCUT2D eigenvalue weighted by Gasteiger charge is 2.17. The molecule has 0 heterocycles. The molecule has 0 saturated heterocycles. The number of amides is 2. The van der Waals surface area contributed by atoms with Crippen LogP contribution in [0.3, 0.4) is 0 Å². The minimum absolute atomic E-state index is 0.0770. The number of anilines is 2. The van der Waals surface area contributed by atoms with E-state index in [1.165, 1.54) is 19.3 Å². The smallest absolute Gasteiger partial charge is 0.251 e. The van der Waals surface area contributed by atoms with Crippen molar-refractivity contribution in [3.05, 3.63) is 72.3 Å². The molecule has 2 amide bonds. The van der Waals surface area contributed by atoms with Crippen LogP contribution in [0.5, 0.6) is 0 Å². The van der Waals surface area contributed by atoms with Crippen LogP contribution in [-0.4, -0.2) is 24.4 Å². The first-order chi connectivity index (χ1) is 14.7. The lowest BCUT2D eigenvalue weighted by molar-refractivity contribution is -0.114. The van der Waals surface area contributed by atoms with Crippen LogP contribution in [0.4, 0.5) is 11.4 Å². The Hall–Kier alpha value is -3.34. The molecule has 4 rings (SSSR count). The summed E-state index contributed by atoms with van der Waals surface area (Å²) in [6.45, 7) is 0.145. The lowest BCUT2D eigenvalue weighted by Gasteiger charge is -2.22. The fraction of sp³-hybridized carbons (Fsp3) is 0.280. The van der Waals surface area contributed by atoms with E-state index in [2.05, 4.69) is 16.0 Å². The van der Waals surface area contributed by atoms with Crippen molar-refractivity contribution in [1.29, 1.82) is 0 Å². The second kappa shape index (κ2) is 9.44. The summed E-state index contributed by atoms with van der Waals surface area (Å²) in [5.74, 6) is -0.236. The van der Waals surface area contributed by atoms with Gasteiger partial charge in [-0.1, -0.05) is 61.7 Å². The molecule has 3 aromatic carbocycles. The first kappa shape index (κ1) is 20.0. The molecular weight excluding hydrogens is 374 g/mol. The second-order valence-corrected chi connectivity index (χ2v) is 7.82. The third-order valence-corrected chi connectivity index (χ3v) is 5.58. The summed E-state index contributed by atoms with van der Waals surface area (Å²) in [6, 6.07) is 21.4. The minimum atomic E-state index is -0.159. The van der Waals surface area contributed by atoms with Gasteiger partial charge in [0.25, 0.3) is 5.91 Å². The average Bonchev–Trinajstić information content (AvgIpc) is 2.78. The fourth-order valence-corrected chi connectivity index (χ4v) is 4.01. The molecule has 0 spiro atoms. The Morgan fingerprint density at radius 1 is 0.867 bits per heavy atom. The van der Waals surface area contributed by atoms with E-state index >= 15 is 0 Å². The lowest BCUT2D eigenvalue weighted by Crippen LogP contribution is -2.36. The first-order valence-corrected chi connectivity index (χ1v) is 10.6. The van der Waals surface area contributed by atoms with Crippen molar-refractivity contribution in [3.8, 4) is 0 Å². The highest BCUT2D eigenvalue weighted by atomic mass is 16.2. The van der Waals surface area contributed by atoms with Crippen LogP contribution in [0.15, 0.2) is 66.7 Å². The molecule has 1 aliphatic rings. The number of fused-ring (bicyclic) bond motifs is 1. The number of carbonyl (C=O) groups is 2. The number of carbonyl (C=O) groups excluding carboxylic acids is 2. The normalized spacial score (nSPS) is 14.3. The Morgan fingerprint density at radius 3 is 2.50 bits per heavy atom. The minimum Gasteiger partial charge on any atom is -0.376 e. The van der Waals surface area contributed by atoms with Gasteiger partial charge in [-0.25, -0.2) is 0 Å². The van der Waals surface area contributed by atoms with E-state index in [1.807, 2.05) is 42.5 Å². The molecule has 3 aromatic rings. The molecule has 1 saturated carbocycles. The number of benzene rings is 3. The van der Waals surface area contributed by atoms with Gasteiger partial charge in [-0.05, 0) is 42.5 Å². The SMILES string of the molecule is O=C(CNc1cccc2ccccc12)Nc1cccc(C(=O)NC2CCCCC2)c1. The number of rotatable bonds is 6. The summed E-state index contributed by atoms with van der Waals surface area (Å²) in [5.41, 5.74) is 2.11. The van der Waals surface area contributed by atoms with Crippen LogP contribution < -0.4 is 16.0 Å². The summed E-state index contributed by atoms with van der Waals surface area (Å²) in [6.07, 6.45) is 5.68. The Kier molecular flexibility index (Phi) is 6.28. The summed E-state index contributed by atoms with van der Waals surface area (Å²) in [7, 11) is 0. The second-order valence-electron chi connectivity index (χ2n) is 7.82. The molecule has 0 radical (unpaired) electrons. The van der Waals surface area contributed by atoms with Crippen molar-refractivity contribution in [2.45, 2.75) is 38.1 Å². The Labute approximate surface area is 176 Å². The molecule has 0 aromatic heterocycles. The Morgan fingerprint density at radius 2 is 1.63 bits per heavy atom. The number of hydrogen-bond donors (Lipinski definition) is 3. The van der Waals surface area contributed by atoms with Gasteiger partial charge in [0, 0.05) is 28.4 Å². The predicted molar refractivity (Wildman–Crippen MR) is 122 cm³/mol. The van der Waals surface area contributed by atoms with Crippen LogP contribution in [0, 0.1) is 0 Å². The third-order valence-electron chi connectivity index (χ3n) is 5.58. The van der Waals surface area contributed by atoms with E-state index in [-0.39, 0.29) is 24.4 Å². The van der Waals surface area contributed by atoms with E-state index in [1.54, 1.807) is 24.3 Å². The van der Waals surface area contributed by atoms with Crippen LogP contribution in [-0.2, 0) is 4.79 Å². The van der Waals surface area contributed by atoms with E-state index in [4.69, 9.17) is 0 Å². The largest absolute Gasteiger partial charge is 0.376 e. The van der Waals surface area contributed by atoms with Gasteiger partial charge >= 0.3 is 0 Å². The monoisotopic (exact) mass is 401 g/mol. The molecule has 0 unspecified atom stereocenters. The van der Waals surface area contributed by atoms with Crippen LogP contribution >= 0.6 is 0 Å². The molecule has 154 valence electrons. The zero-order valence-corrected chi connectivity index (χ0v) is 17.0. The zero-order chi connectivity index (χ0) is 20.8. The van der Waals surface area contributed by atoms with Crippen molar-refractivity contribution >= 4 is 34.0 Å². The van der Waals surface area contributed by atoms with Crippen molar-refractivity contribution in [2.24, 2.45) is 0 Å². The molecule has 3 N–H and O–H groups in total. The van der Waals surface area contributed by atoms with Crippen molar-refractivity contribution in [3.63, 3.8) is 0 Å². The molecule has 5 nitrogen and oxygen atoms in total. The van der Waals surface area contributed by atoms with Crippen LogP contribution in [0.2, 0.25) is 0 Å². The van der Waals surface area contributed by atoms with Gasteiger partial charge in [0.1, 0.15) is 0 Å². The van der Waals surface area contributed by atoms with Gasteiger partial charge in [0.05, 0.1) is 6.54 Å². The Balaban J connectivity index is 1.35. The maximum atomic E-state index is 12.5. The quantitative estimate of drug-likeness (QED) is 0.547. The zero-order valence-electron chi connectivity index (χ0n) is 17.0. The molecule has 0 bridgehead atoms. The van der Waals surface area contributed by atoms with Gasteiger partial charge in [0.15, 0.2) is 0 Å². The van der Waals surface area contributed by atoms with E-state index < -0.39 is 0 Å².